The predicted molar refractivity (Wildman–Crippen MR) is 94.0 cm³/mol. The second-order valence-electron chi connectivity index (χ2n) is 6.14. The standard InChI is InChI=1S/C19H22N2S/c1-15(20-13-7-2-8-14-20)21-16-9-3-5-11-18(16)22-19-12-6-4-10-17(19)21/h3-6,9-12,15H,2,7-8,13-14H2,1H3. The number of nitrogens with zero attached hydrogens (tertiary/aromatic N) is 2. The molecule has 2 aliphatic rings. The number of para-hydroxylation sites is 2. The summed E-state index contributed by atoms with van der Waals surface area (Å²) in [6, 6.07) is 17.6. The lowest BCUT2D eigenvalue weighted by Crippen LogP contribution is -2.47. The van der Waals surface area contributed by atoms with E-state index in [9.17, 15) is 0 Å². The van der Waals surface area contributed by atoms with Crippen LogP contribution >= 0.6 is 11.8 Å². The van der Waals surface area contributed by atoms with Crippen LogP contribution in [0.5, 0.6) is 0 Å². The van der Waals surface area contributed by atoms with Crippen LogP contribution in [0.4, 0.5) is 11.4 Å². The van der Waals surface area contributed by atoms with Crippen molar-refractivity contribution in [3.8, 4) is 0 Å². The van der Waals surface area contributed by atoms with E-state index in [2.05, 4.69) is 65.3 Å². The molecule has 0 radical (unpaired) electrons. The van der Waals surface area contributed by atoms with Crippen molar-refractivity contribution in [2.75, 3.05) is 18.0 Å². The SMILES string of the molecule is CC(N1CCCCC1)N1c2ccccc2Sc2ccccc21. The first-order valence-corrected chi connectivity index (χ1v) is 9.05. The highest BCUT2D eigenvalue weighted by molar-refractivity contribution is 7.99. The van der Waals surface area contributed by atoms with Crippen molar-refractivity contribution in [2.24, 2.45) is 0 Å². The van der Waals surface area contributed by atoms with Crippen LogP contribution in [-0.2, 0) is 0 Å². The fourth-order valence-electron chi connectivity index (χ4n) is 3.59. The third-order valence-corrected chi connectivity index (χ3v) is 5.89. The van der Waals surface area contributed by atoms with Crippen molar-refractivity contribution in [3.05, 3.63) is 48.5 Å². The fraction of sp³-hybridized carbons (Fsp3) is 0.368. The first-order chi connectivity index (χ1) is 10.8. The molecular weight excluding hydrogens is 288 g/mol. The van der Waals surface area contributed by atoms with Gasteiger partial charge in [-0.2, -0.15) is 0 Å². The molecule has 2 aromatic rings. The third-order valence-electron chi connectivity index (χ3n) is 4.76. The van der Waals surface area contributed by atoms with E-state index in [1.54, 1.807) is 0 Å². The maximum atomic E-state index is 2.63. The van der Waals surface area contributed by atoms with Gasteiger partial charge in [0, 0.05) is 22.9 Å². The average molecular weight is 310 g/mol. The number of hydrogen-bond donors (Lipinski definition) is 0. The Morgan fingerprint density at radius 2 is 1.36 bits per heavy atom. The topological polar surface area (TPSA) is 6.48 Å². The van der Waals surface area contributed by atoms with Gasteiger partial charge in [-0.15, -0.1) is 0 Å². The second kappa shape index (κ2) is 5.98. The Balaban J connectivity index is 1.77. The van der Waals surface area contributed by atoms with Crippen molar-refractivity contribution < 1.29 is 0 Å². The molecule has 0 amide bonds. The Morgan fingerprint density at radius 3 is 1.95 bits per heavy atom. The van der Waals surface area contributed by atoms with E-state index in [0.717, 1.165) is 0 Å². The van der Waals surface area contributed by atoms with E-state index in [4.69, 9.17) is 0 Å². The molecule has 0 aromatic heterocycles. The van der Waals surface area contributed by atoms with Gasteiger partial charge < -0.3 is 4.90 Å². The summed E-state index contributed by atoms with van der Waals surface area (Å²) >= 11 is 1.89. The van der Waals surface area contributed by atoms with Gasteiger partial charge in [-0.25, -0.2) is 0 Å². The van der Waals surface area contributed by atoms with Gasteiger partial charge in [0.05, 0.1) is 17.5 Å². The first-order valence-electron chi connectivity index (χ1n) is 8.24. The molecule has 2 heterocycles. The van der Waals surface area contributed by atoms with Gasteiger partial charge in [0.2, 0.25) is 0 Å². The molecule has 0 bridgehead atoms. The minimum atomic E-state index is 0.406. The molecule has 0 saturated carbocycles. The molecule has 1 saturated heterocycles. The highest BCUT2D eigenvalue weighted by Gasteiger charge is 2.30. The average Bonchev–Trinajstić information content (AvgIpc) is 2.60. The quantitative estimate of drug-likeness (QED) is 0.760. The normalized spacial score (nSPS) is 19.4. The highest BCUT2D eigenvalue weighted by Crippen LogP contribution is 2.49. The lowest BCUT2D eigenvalue weighted by atomic mass is 10.1. The molecule has 4 rings (SSSR count). The highest BCUT2D eigenvalue weighted by atomic mass is 32.2. The summed E-state index contributed by atoms with van der Waals surface area (Å²) in [5.41, 5.74) is 2.70. The first kappa shape index (κ1) is 14.2. The summed E-state index contributed by atoms with van der Waals surface area (Å²) < 4.78 is 0. The minimum absolute atomic E-state index is 0.406. The van der Waals surface area contributed by atoms with E-state index >= 15 is 0 Å². The van der Waals surface area contributed by atoms with E-state index < -0.39 is 0 Å². The number of likely N-dealkylation sites (tertiary alicyclic amines) is 1. The lowest BCUT2D eigenvalue weighted by molar-refractivity contribution is 0.176. The van der Waals surface area contributed by atoms with E-state index in [0.29, 0.717) is 6.17 Å². The van der Waals surface area contributed by atoms with Gasteiger partial charge in [-0.05, 0) is 44.0 Å². The monoisotopic (exact) mass is 310 g/mol. The smallest absolute Gasteiger partial charge is 0.0842 e. The van der Waals surface area contributed by atoms with E-state index in [1.165, 1.54) is 53.5 Å². The molecule has 1 fully saturated rings. The van der Waals surface area contributed by atoms with Crippen LogP contribution in [0.2, 0.25) is 0 Å². The summed E-state index contributed by atoms with van der Waals surface area (Å²) in [5.74, 6) is 0. The molecule has 3 heteroatoms. The molecular formula is C19H22N2S. The number of benzene rings is 2. The zero-order chi connectivity index (χ0) is 14.9. The Labute approximate surface area is 137 Å². The van der Waals surface area contributed by atoms with Crippen LogP contribution in [0.25, 0.3) is 0 Å². The summed E-state index contributed by atoms with van der Waals surface area (Å²) in [6.07, 6.45) is 4.45. The maximum Gasteiger partial charge on any atom is 0.0842 e. The Hall–Kier alpha value is -1.45. The summed E-state index contributed by atoms with van der Waals surface area (Å²) in [7, 11) is 0. The van der Waals surface area contributed by atoms with Crippen LogP contribution < -0.4 is 4.90 Å². The summed E-state index contributed by atoms with van der Waals surface area (Å²) in [4.78, 5) is 7.90. The molecule has 1 unspecified atom stereocenters. The fourth-order valence-corrected chi connectivity index (χ4v) is 4.66. The maximum absolute atomic E-state index is 2.63. The molecule has 0 N–H and O–H groups in total. The lowest BCUT2D eigenvalue weighted by Gasteiger charge is -2.43. The zero-order valence-electron chi connectivity index (χ0n) is 13.0. The van der Waals surface area contributed by atoms with Gasteiger partial charge in [-0.3, -0.25) is 4.90 Å². The number of anilines is 2. The number of piperidine rings is 1. The van der Waals surface area contributed by atoms with Crippen molar-refractivity contribution in [1.29, 1.82) is 0 Å². The molecule has 22 heavy (non-hydrogen) atoms. The van der Waals surface area contributed by atoms with Crippen LogP contribution in [0, 0.1) is 0 Å². The van der Waals surface area contributed by atoms with Gasteiger partial charge in [-0.1, -0.05) is 42.4 Å². The molecule has 0 spiro atoms. The number of rotatable bonds is 2. The van der Waals surface area contributed by atoms with Gasteiger partial charge in [0.1, 0.15) is 0 Å². The van der Waals surface area contributed by atoms with Gasteiger partial charge in [0.25, 0.3) is 0 Å². The molecule has 0 aliphatic carbocycles. The van der Waals surface area contributed by atoms with Crippen LogP contribution in [0.1, 0.15) is 26.2 Å². The Bertz CT molecular complexity index is 618. The van der Waals surface area contributed by atoms with Crippen molar-refractivity contribution >= 4 is 23.1 Å². The van der Waals surface area contributed by atoms with Crippen molar-refractivity contribution in [2.45, 2.75) is 42.1 Å². The molecule has 2 aliphatic heterocycles. The largest absolute Gasteiger partial charge is 0.323 e. The Kier molecular flexibility index (Phi) is 3.85. The summed E-state index contributed by atoms with van der Waals surface area (Å²) in [6.45, 7) is 4.79. The molecule has 114 valence electrons. The second-order valence-corrected chi connectivity index (χ2v) is 7.22. The van der Waals surface area contributed by atoms with Gasteiger partial charge in [0.15, 0.2) is 0 Å². The number of hydrogen-bond acceptors (Lipinski definition) is 3. The van der Waals surface area contributed by atoms with Crippen LogP contribution in [0.15, 0.2) is 58.3 Å². The van der Waals surface area contributed by atoms with Crippen LogP contribution in [0.3, 0.4) is 0 Å². The third kappa shape index (κ3) is 2.42. The Morgan fingerprint density at radius 1 is 0.818 bits per heavy atom. The van der Waals surface area contributed by atoms with Gasteiger partial charge >= 0.3 is 0 Å². The molecule has 2 aromatic carbocycles. The summed E-state index contributed by atoms with van der Waals surface area (Å²) in [5, 5.41) is 0. The molecule has 1 atom stereocenters. The predicted octanol–water partition coefficient (Wildman–Crippen LogP) is 5.12. The van der Waals surface area contributed by atoms with Crippen LogP contribution in [-0.4, -0.2) is 24.2 Å². The van der Waals surface area contributed by atoms with E-state index in [1.807, 2.05) is 11.8 Å². The number of fused-ring (bicyclic) bond motifs is 2. The van der Waals surface area contributed by atoms with Crippen molar-refractivity contribution in [3.63, 3.8) is 0 Å². The zero-order valence-corrected chi connectivity index (χ0v) is 13.9. The molecule has 2 nitrogen and oxygen atoms in total. The minimum Gasteiger partial charge on any atom is -0.323 e. The van der Waals surface area contributed by atoms with E-state index in [-0.39, 0.29) is 0 Å². The van der Waals surface area contributed by atoms with Crippen molar-refractivity contribution in [1.82, 2.24) is 4.90 Å².